The van der Waals surface area contributed by atoms with Gasteiger partial charge in [0.15, 0.2) is 9.84 Å². The van der Waals surface area contributed by atoms with Gasteiger partial charge in [0.2, 0.25) is 0 Å². The maximum Gasteiger partial charge on any atom is 0.304 e. The molecule has 78 valence electrons. The van der Waals surface area contributed by atoms with Crippen molar-refractivity contribution in [3.63, 3.8) is 0 Å². The van der Waals surface area contributed by atoms with Gasteiger partial charge in [-0.2, -0.15) is 0 Å². The van der Waals surface area contributed by atoms with Gasteiger partial charge in [0.05, 0.1) is 11.7 Å². The monoisotopic (exact) mass is 234 g/mol. The first-order valence-corrected chi connectivity index (χ1v) is 6.36. The van der Waals surface area contributed by atoms with E-state index in [1.165, 1.54) is 13.0 Å². The highest BCUT2D eigenvalue weighted by Crippen LogP contribution is 2.22. The van der Waals surface area contributed by atoms with Crippen LogP contribution >= 0.6 is 11.3 Å². The second-order valence-corrected chi connectivity index (χ2v) is 6.43. The van der Waals surface area contributed by atoms with Crippen LogP contribution in [-0.4, -0.2) is 24.7 Å². The normalized spacial score (nSPS) is 13.8. The molecule has 0 aliphatic carbocycles. The average Bonchev–Trinajstić information content (AvgIpc) is 2.54. The number of hydrogen-bond donors (Lipinski definition) is 1. The number of thiophene rings is 1. The van der Waals surface area contributed by atoms with Gasteiger partial charge >= 0.3 is 5.97 Å². The molecule has 0 fully saturated rings. The van der Waals surface area contributed by atoms with E-state index in [-0.39, 0.29) is 10.6 Å². The first-order valence-electron chi connectivity index (χ1n) is 3.94. The highest BCUT2D eigenvalue weighted by Gasteiger charge is 2.26. The first kappa shape index (κ1) is 11.2. The molecule has 1 atom stereocenters. The molecule has 4 nitrogen and oxygen atoms in total. The molecule has 6 heteroatoms. The largest absolute Gasteiger partial charge is 0.481 e. The lowest BCUT2D eigenvalue weighted by atomic mass is 10.3. The second-order valence-electron chi connectivity index (χ2n) is 2.89. The van der Waals surface area contributed by atoms with Crippen LogP contribution in [0.3, 0.4) is 0 Å². The van der Waals surface area contributed by atoms with E-state index in [9.17, 15) is 13.2 Å². The second kappa shape index (κ2) is 4.10. The van der Waals surface area contributed by atoms with Gasteiger partial charge in [-0.25, -0.2) is 8.42 Å². The van der Waals surface area contributed by atoms with Gasteiger partial charge in [-0.05, 0) is 18.4 Å². The van der Waals surface area contributed by atoms with E-state index >= 15 is 0 Å². The van der Waals surface area contributed by atoms with Crippen molar-refractivity contribution in [2.45, 2.75) is 22.8 Å². The van der Waals surface area contributed by atoms with Crippen LogP contribution in [0.2, 0.25) is 0 Å². The fourth-order valence-corrected chi connectivity index (χ4v) is 3.65. The van der Waals surface area contributed by atoms with Crippen molar-refractivity contribution >= 4 is 27.1 Å². The Morgan fingerprint density at radius 2 is 2.29 bits per heavy atom. The first-order chi connectivity index (χ1) is 6.44. The van der Waals surface area contributed by atoms with Crippen molar-refractivity contribution in [1.82, 2.24) is 0 Å². The lowest BCUT2D eigenvalue weighted by Crippen LogP contribution is -2.20. The number of carboxylic acid groups (broad SMARTS) is 1. The molecule has 0 aliphatic rings. The zero-order valence-electron chi connectivity index (χ0n) is 7.50. The predicted octanol–water partition coefficient (Wildman–Crippen LogP) is 1.39. The molecule has 0 spiro atoms. The van der Waals surface area contributed by atoms with Crippen molar-refractivity contribution in [1.29, 1.82) is 0 Å². The summed E-state index contributed by atoms with van der Waals surface area (Å²) in [6, 6.07) is 3.11. The van der Waals surface area contributed by atoms with E-state index in [2.05, 4.69) is 0 Å². The van der Waals surface area contributed by atoms with Gasteiger partial charge < -0.3 is 5.11 Å². The molecule has 0 radical (unpaired) electrons. The third-order valence-electron chi connectivity index (χ3n) is 1.77. The Hall–Kier alpha value is -0.880. The zero-order valence-corrected chi connectivity index (χ0v) is 9.14. The van der Waals surface area contributed by atoms with Crippen LogP contribution in [0.15, 0.2) is 21.7 Å². The smallest absolute Gasteiger partial charge is 0.304 e. The molecule has 0 saturated carbocycles. The van der Waals surface area contributed by atoms with Crippen molar-refractivity contribution < 1.29 is 18.3 Å². The van der Waals surface area contributed by atoms with E-state index in [1.54, 1.807) is 11.4 Å². The number of carbonyl (C=O) groups is 1. The van der Waals surface area contributed by atoms with Crippen LogP contribution in [0, 0.1) is 0 Å². The third-order valence-corrected chi connectivity index (χ3v) is 5.34. The molecule has 1 unspecified atom stereocenters. The molecule has 0 saturated heterocycles. The maximum atomic E-state index is 11.7. The van der Waals surface area contributed by atoms with Crippen molar-refractivity contribution in [3.05, 3.63) is 17.5 Å². The molecule has 0 aromatic carbocycles. The minimum Gasteiger partial charge on any atom is -0.481 e. The molecular weight excluding hydrogens is 224 g/mol. The van der Waals surface area contributed by atoms with Crippen molar-refractivity contribution in [2.24, 2.45) is 0 Å². The molecule has 0 amide bonds. The average molecular weight is 234 g/mol. The van der Waals surface area contributed by atoms with Gasteiger partial charge in [0, 0.05) is 0 Å². The Bertz CT molecular complexity index is 405. The number of aliphatic carboxylic acids is 1. The Morgan fingerprint density at radius 3 is 2.71 bits per heavy atom. The van der Waals surface area contributed by atoms with E-state index < -0.39 is 21.1 Å². The van der Waals surface area contributed by atoms with E-state index in [4.69, 9.17) is 5.11 Å². The Morgan fingerprint density at radius 1 is 1.64 bits per heavy atom. The summed E-state index contributed by atoms with van der Waals surface area (Å²) < 4.78 is 23.6. The van der Waals surface area contributed by atoms with Crippen LogP contribution in [0.1, 0.15) is 13.3 Å². The lowest BCUT2D eigenvalue weighted by Gasteiger charge is -2.07. The highest BCUT2D eigenvalue weighted by atomic mass is 32.2. The Kier molecular flexibility index (Phi) is 3.28. The molecule has 0 aliphatic heterocycles. The molecule has 1 aromatic heterocycles. The minimum atomic E-state index is -3.45. The Labute approximate surface area is 86.1 Å². The summed E-state index contributed by atoms with van der Waals surface area (Å²) in [5, 5.41) is 9.26. The van der Waals surface area contributed by atoms with Crippen LogP contribution in [0.5, 0.6) is 0 Å². The molecule has 14 heavy (non-hydrogen) atoms. The summed E-state index contributed by atoms with van der Waals surface area (Å²) in [5.74, 6) is -1.10. The number of carboxylic acids is 1. The standard InChI is InChI=1S/C8H10O4S2/c1-6(5-7(9)10)14(11,12)8-3-2-4-13-8/h2-4,6H,5H2,1H3,(H,9,10). The van der Waals surface area contributed by atoms with Crippen LogP contribution in [-0.2, 0) is 14.6 Å². The van der Waals surface area contributed by atoms with E-state index in [1.807, 2.05) is 0 Å². The molecule has 1 N–H and O–H groups in total. The predicted molar refractivity (Wildman–Crippen MR) is 53.2 cm³/mol. The zero-order chi connectivity index (χ0) is 10.8. The fourth-order valence-electron chi connectivity index (χ4n) is 0.979. The van der Waals surface area contributed by atoms with Gasteiger partial charge in [0.1, 0.15) is 4.21 Å². The molecule has 0 bridgehead atoms. The number of sulfone groups is 1. The SMILES string of the molecule is CC(CC(=O)O)S(=O)(=O)c1cccs1. The summed E-state index contributed by atoms with van der Waals surface area (Å²) in [6.45, 7) is 1.41. The molecule has 1 rings (SSSR count). The van der Waals surface area contributed by atoms with Gasteiger partial charge in [-0.3, -0.25) is 4.79 Å². The molecular formula is C8H10O4S2. The van der Waals surface area contributed by atoms with Crippen LogP contribution in [0.25, 0.3) is 0 Å². The minimum absolute atomic E-state index is 0.228. The number of hydrogen-bond acceptors (Lipinski definition) is 4. The van der Waals surface area contributed by atoms with Gasteiger partial charge in [0.25, 0.3) is 0 Å². The van der Waals surface area contributed by atoms with Crippen LogP contribution < -0.4 is 0 Å². The summed E-state index contributed by atoms with van der Waals surface area (Å²) in [6.07, 6.45) is -0.361. The Balaban J connectivity index is 2.92. The van der Waals surface area contributed by atoms with E-state index in [0.29, 0.717) is 0 Å². The van der Waals surface area contributed by atoms with Crippen molar-refractivity contribution in [2.75, 3.05) is 0 Å². The fraction of sp³-hybridized carbons (Fsp3) is 0.375. The summed E-state index contributed by atoms with van der Waals surface area (Å²) in [5.41, 5.74) is 0. The van der Waals surface area contributed by atoms with E-state index in [0.717, 1.165) is 11.3 Å². The summed E-state index contributed by atoms with van der Waals surface area (Å²) in [7, 11) is -3.45. The molecule has 1 heterocycles. The topological polar surface area (TPSA) is 71.4 Å². The molecule has 1 aromatic rings. The highest BCUT2D eigenvalue weighted by molar-refractivity contribution is 7.94. The lowest BCUT2D eigenvalue weighted by molar-refractivity contribution is -0.136. The quantitative estimate of drug-likeness (QED) is 0.854. The summed E-state index contributed by atoms with van der Waals surface area (Å²) >= 11 is 1.10. The van der Waals surface area contributed by atoms with Crippen LogP contribution in [0.4, 0.5) is 0 Å². The maximum absolute atomic E-state index is 11.7. The van der Waals surface area contributed by atoms with Gasteiger partial charge in [-0.1, -0.05) is 6.07 Å². The van der Waals surface area contributed by atoms with Crippen molar-refractivity contribution in [3.8, 4) is 0 Å². The van der Waals surface area contributed by atoms with Gasteiger partial charge in [-0.15, -0.1) is 11.3 Å². The summed E-state index contributed by atoms with van der Waals surface area (Å²) in [4.78, 5) is 10.4. The third kappa shape index (κ3) is 2.33. The number of rotatable bonds is 4.